The van der Waals surface area contributed by atoms with Gasteiger partial charge in [-0.25, -0.2) is 4.98 Å². The van der Waals surface area contributed by atoms with E-state index in [1.54, 1.807) is 6.07 Å². The van der Waals surface area contributed by atoms with Gasteiger partial charge in [0.1, 0.15) is 4.83 Å². The smallest absolute Gasteiger partial charge is 0.262 e. The number of thiophene rings is 1. The molecule has 0 atom stereocenters. The number of aromatic nitrogens is 2. The first kappa shape index (κ1) is 18.9. The summed E-state index contributed by atoms with van der Waals surface area (Å²) in [6, 6.07) is 21.4. The average Bonchev–Trinajstić information content (AvgIpc) is 3.24. The van der Waals surface area contributed by atoms with Crippen LogP contribution in [0.5, 0.6) is 0 Å². The molecule has 1 amide bonds. The van der Waals surface area contributed by atoms with Gasteiger partial charge in [-0.1, -0.05) is 48.5 Å². The quantitative estimate of drug-likeness (QED) is 0.478. The van der Waals surface area contributed by atoms with Gasteiger partial charge in [-0.05, 0) is 29.1 Å². The summed E-state index contributed by atoms with van der Waals surface area (Å²) in [6.45, 7) is 0.816. The topological polar surface area (TPSA) is 67.2 Å². The van der Waals surface area contributed by atoms with Crippen LogP contribution in [-0.2, 0) is 17.9 Å². The molecule has 29 heavy (non-hydrogen) atoms. The van der Waals surface area contributed by atoms with Crippen molar-refractivity contribution in [2.75, 3.05) is 5.01 Å². The lowest BCUT2D eigenvalue weighted by molar-refractivity contribution is -0.121. The molecule has 1 N–H and O–H groups in total. The molecule has 2 aromatic heterocycles. The molecule has 0 aliphatic heterocycles. The number of hydrogen-bond acceptors (Lipinski definition) is 5. The maximum absolute atomic E-state index is 12.6. The van der Waals surface area contributed by atoms with Crippen LogP contribution in [0.2, 0.25) is 0 Å². The molecule has 7 heteroatoms. The molecule has 4 rings (SSSR count). The first-order valence-electron chi connectivity index (χ1n) is 9.29. The second-order valence-electron chi connectivity index (χ2n) is 6.57. The maximum atomic E-state index is 12.6. The van der Waals surface area contributed by atoms with E-state index in [1.165, 1.54) is 22.2 Å². The summed E-state index contributed by atoms with van der Waals surface area (Å²) in [5, 5.41) is 4.26. The van der Waals surface area contributed by atoms with Crippen molar-refractivity contribution in [2.24, 2.45) is 0 Å². The zero-order valence-corrected chi connectivity index (χ0v) is 16.5. The number of rotatable bonds is 7. The van der Waals surface area contributed by atoms with Crippen LogP contribution in [-0.4, -0.2) is 15.5 Å². The standard InChI is InChI=1S/C22H20N4O2S/c27-20(11-13-25-16-23-21-19(22(25)28)12-14-29-21)24-26(18-9-5-2-6-10-18)15-17-7-3-1-4-8-17/h1-10,12,14,16H,11,13,15H2,(H,24,27). The Morgan fingerprint density at radius 3 is 2.52 bits per heavy atom. The van der Waals surface area contributed by atoms with E-state index in [9.17, 15) is 9.59 Å². The fraction of sp³-hybridized carbons (Fsp3) is 0.136. The van der Waals surface area contributed by atoms with E-state index in [0.29, 0.717) is 16.8 Å². The Bertz CT molecular complexity index is 1160. The van der Waals surface area contributed by atoms with Gasteiger partial charge in [0.15, 0.2) is 0 Å². The van der Waals surface area contributed by atoms with Crippen molar-refractivity contribution >= 4 is 33.1 Å². The summed E-state index contributed by atoms with van der Waals surface area (Å²) in [7, 11) is 0. The second-order valence-corrected chi connectivity index (χ2v) is 7.47. The third-order valence-corrected chi connectivity index (χ3v) is 5.36. The first-order valence-corrected chi connectivity index (χ1v) is 10.2. The summed E-state index contributed by atoms with van der Waals surface area (Å²) in [4.78, 5) is 30.1. The van der Waals surface area contributed by atoms with Gasteiger partial charge in [0.25, 0.3) is 5.56 Å². The predicted octanol–water partition coefficient (Wildman–Crippen LogP) is 3.59. The zero-order chi connectivity index (χ0) is 20.1. The van der Waals surface area contributed by atoms with Crippen molar-refractivity contribution in [3.63, 3.8) is 0 Å². The van der Waals surface area contributed by atoms with Crippen LogP contribution in [0.3, 0.4) is 0 Å². The number of hydrogen-bond donors (Lipinski definition) is 1. The Balaban J connectivity index is 1.46. The van der Waals surface area contributed by atoms with E-state index in [4.69, 9.17) is 0 Å². The third kappa shape index (κ3) is 4.52. The number of para-hydroxylation sites is 1. The number of anilines is 1. The minimum absolute atomic E-state index is 0.117. The lowest BCUT2D eigenvalue weighted by atomic mass is 10.2. The molecule has 2 heterocycles. The van der Waals surface area contributed by atoms with Gasteiger partial charge >= 0.3 is 0 Å². The number of carbonyl (C=O) groups is 1. The van der Waals surface area contributed by atoms with Crippen molar-refractivity contribution in [2.45, 2.75) is 19.5 Å². The lowest BCUT2D eigenvalue weighted by Gasteiger charge is -2.25. The molecular weight excluding hydrogens is 384 g/mol. The molecule has 0 saturated carbocycles. The van der Waals surface area contributed by atoms with Gasteiger partial charge < -0.3 is 0 Å². The number of nitrogens with zero attached hydrogens (tertiary/aromatic N) is 3. The van der Waals surface area contributed by atoms with E-state index in [1.807, 2.05) is 71.1 Å². The van der Waals surface area contributed by atoms with Crippen LogP contribution in [0.1, 0.15) is 12.0 Å². The van der Waals surface area contributed by atoms with Crippen LogP contribution in [0.15, 0.2) is 83.2 Å². The number of fused-ring (bicyclic) bond motifs is 1. The highest BCUT2D eigenvalue weighted by molar-refractivity contribution is 7.16. The molecule has 6 nitrogen and oxygen atoms in total. The van der Waals surface area contributed by atoms with Crippen LogP contribution >= 0.6 is 11.3 Å². The molecule has 0 bridgehead atoms. The van der Waals surface area contributed by atoms with Crippen molar-refractivity contribution < 1.29 is 4.79 Å². The second kappa shape index (κ2) is 8.70. The molecule has 0 unspecified atom stereocenters. The molecule has 0 radical (unpaired) electrons. The van der Waals surface area contributed by atoms with Crippen molar-refractivity contribution in [1.82, 2.24) is 15.0 Å². The van der Waals surface area contributed by atoms with Gasteiger partial charge in [0.2, 0.25) is 5.91 Å². The Morgan fingerprint density at radius 2 is 1.76 bits per heavy atom. The average molecular weight is 404 g/mol. The number of nitrogens with one attached hydrogen (secondary N) is 1. The summed E-state index contributed by atoms with van der Waals surface area (Å²) in [5.41, 5.74) is 4.82. The van der Waals surface area contributed by atoms with Gasteiger partial charge in [-0.2, -0.15) is 0 Å². The highest BCUT2D eigenvalue weighted by atomic mass is 32.1. The number of aryl methyl sites for hydroxylation is 1. The Morgan fingerprint density at radius 1 is 1.03 bits per heavy atom. The van der Waals surface area contributed by atoms with Gasteiger partial charge in [-0.15, -0.1) is 11.3 Å². The molecule has 0 fully saturated rings. The number of amides is 1. The van der Waals surface area contributed by atoms with Gasteiger partial charge in [0, 0.05) is 13.0 Å². The maximum Gasteiger partial charge on any atom is 0.262 e. The van der Waals surface area contributed by atoms with Crippen LogP contribution in [0, 0.1) is 0 Å². The van der Waals surface area contributed by atoms with Crippen molar-refractivity contribution in [3.8, 4) is 0 Å². The Hall–Kier alpha value is -3.45. The van der Waals surface area contributed by atoms with E-state index < -0.39 is 0 Å². The lowest BCUT2D eigenvalue weighted by Crippen LogP contribution is -2.42. The molecular formula is C22H20N4O2S. The Labute approximate surface area is 172 Å². The fourth-order valence-corrected chi connectivity index (χ4v) is 3.77. The van der Waals surface area contributed by atoms with Gasteiger partial charge in [-0.3, -0.25) is 24.6 Å². The zero-order valence-electron chi connectivity index (χ0n) is 15.7. The normalized spacial score (nSPS) is 10.8. The molecule has 146 valence electrons. The van der Waals surface area contributed by atoms with Crippen LogP contribution < -0.4 is 16.0 Å². The predicted molar refractivity (Wildman–Crippen MR) is 116 cm³/mol. The largest absolute Gasteiger partial charge is 0.298 e. The SMILES string of the molecule is O=C(CCn1cnc2sccc2c1=O)NN(Cc1ccccc1)c1ccccc1. The van der Waals surface area contributed by atoms with E-state index >= 15 is 0 Å². The molecule has 4 aromatic rings. The molecule has 2 aromatic carbocycles. The summed E-state index contributed by atoms with van der Waals surface area (Å²) >= 11 is 1.43. The third-order valence-electron chi connectivity index (χ3n) is 4.54. The highest BCUT2D eigenvalue weighted by Gasteiger charge is 2.12. The summed E-state index contributed by atoms with van der Waals surface area (Å²) in [5.74, 6) is -0.165. The number of hydrazine groups is 1. The van der Waals surface area contributed by atoms with E-state index in [-0.39, 0.29) is 24.4 Å². The van der Waals surface area contributed by atoms with Gasteiger partial charge in [0.05, 0.1) is 23.9 Å². The van der Waals surface area contributed by atoms with E-state index in [2.05, 4.69) is 10.4 Å². The monoisotopic (exact) mass is 404 g/mol. The van der Waals surface area contributed by atoms with Crippen molar-refractivity contribution in [3.05, 3.63) is 94.4 Å². The van der Waals surface area contributed by atoms with E-state index in [0.717, 1.165) is 11.3 Å². The summed E-state index contributed by atoms with van der Waals surface area (Å²) < 4.78 is 1.48. The molecule has 0 aliphatic carbocycles. The minimum Gasteiger partial charge on any atom is -0.298 e. The van der Waals surface area contributed by atoms with Crippen molar-refractivity contribution in [1.29, 1.82) is 0 Å². The van der Waals surface area contributed by atoms with Crippen LogP contribution in [0.25, 0.3) is 10.2 Å². The minimum atomic E-state index is -0.165. The van der Waals surface area contributed by atoms with Crippen LogP contribution in [0.4, 0.5) is 5.69 Å². The highest BCUT2D eigenvalue weighted by Crippen LogP contribution is 2.15. The molecule has 0 aliphatic rings. The number of carbonyl (C=O) groups excluding carboxylic acids is 1. The molecule has 0 saturated heterocycles. The Kier molecular flexibility index (Phi) is 5.67. The molecule has 0 spiro atoms. The first-order chi connectivity index (χ1) is 14.2. The fourth-order valence-electron chi connectivity index (χ4n) is 3.05. The number of benzene rings is 2. The summed E-state index contributed by atoms with van der Waals surface area (Å²) in [6.07, 6.45) is 1.68.